The van der Waals surface area contributed by atoms with Crippen LogP contribution < -0.4 is 4.90 Å². The quantitative estimate of drug-likeness (QED) is 0.767. The molecule has 0 N–H and O–H groups in total. The first-order chi connectivity index (χ1) is 7.29. The number of hydrogen-bond donors (Lipinski definition) is 0. The summed E-state index contributed by atoms with van der Waals surface area (Å²) in [5.74, 6) is 2.39. The molecule has 0 aromatic carbocycles. The third kappa shape index (κ3) is 2.82. The zero-order valence-corrected chi connectivity index (χ0v) is 10.5. The van der Waals surface area contributed by atoms with Crippen molar-refractivity contribution < 1.29 is 0 Å². The molecule has 0 aliphatic carbocycles. The maximum atomic E-state index is 5.79. The molecular formula is C10H16ClN3S. The second-order valence-corrected chi connectivity index (χ2v) is 5.16. The number of alkyl halides is 1. The van der Waals surface area contributed by atoms with E-state index in [1.807, 2.05) is 6.92 Å². The molecule has 15 heavy (non-hydrogen) atoms. The van der Waals surface area contributed by atoms with Crippen LogP contribution >= 0.6 is 23.1 Å². The number of piperidine rings is 1. The Bertz CT molecular complexity index is 313. The van der Waals surface area contributed by atoms with E-state index in [1.165, 1.54) is 24.4 Å². The van der Waals surface area contributed by atoms with E-state index in [2.05, 4.69) is 14.3 Å². The second kappa shape index (κ2) is 5.12. The molecule has 0 bridgehead atoms. The van der Waals surface area contributed by atoms with E-state index in [4.69, 9.17) is 11.6 Å². The number of anilines is 1. The van der Waals surface area contributed by atoms with Gasteiger partial charge in [0.1, 0.15) is 5.82 Å². The highest BCUT2D eigenvalue weighted by Gasteiger charge is 2.21. The summed E-state index contributed by atoms with van der Waals surface area (Å²) in [6, 6.07) is 0. The molecule has 2 heterocycles. The minimum Gasteiger partial charge on any atom is -0.347 e. The van der Waals surface area contributed by atoms with Gasteiger partial charge >= 0.3 is 0 Å². The SMILES string of the molecule is Cc1nsc(N2CCCC(CCCl)C2)n1. The van der Waals surface area contributed by atoms with Gasteiger partial charge in [-0.05, 0) is 32.1 Å². The lowest BCUT2D eigenvalue weighted by Crippen LogP contribution is -2.35. The standard InChI is InChI=1S/C10H16ClN3S/c1-8-12-10(15-13-8)14-6-2-3-9(7-14)4-5-11/h9H,2-7H2,1H3. The van der Waals surface area contributed by atoms with Crippen LogP contribution in [0.25, 0.3) is 0 Å². The zero-order chi connectivity index (χ0) is 10.7. The Balaban J connectivity index is 1.98. The molecule has 1 fully saturated rings. The van der Waals surface area contributed by atoms with E-state index < -0.39 is 0 Å². The normalized spacial score (nSPS) is 22.0. The van der Waals surface area contributed by atoms with Gasteiger partial charge in [-0.3, -0.25) is 0 Å². The average molecular weight is 246 g/mol. The molecule has 1 atom stereocenters. The summed E-state index contributed by atoms with van der Waals surface area (Å²) in [6.45, 7) is 4.16. The van der Waals surface area contributed by atoms with Crippen LogP contribution in [0.3, 0.4) is 0 Å². The molecule has 2 rings (SSSR count). The molecular weight excluding hydrogens is 230 g/mol. The summed E-state index contributed by atoms with van der Waals surface area (Å²) < 4.78 is 4.23. The van der Waals surface area contributed by atoms with Crippen molar-refractivity contribution >= 4 is 28.3 Å². The Morgan fingerprint density at radius 2 is 2.47 bits per heavy atom. The number of rotatable bonds is 3. The van der Waals surface area contributed by atoms with Crippen molar-refractivity contribution in [2.45, 2.75) is 26.2 Å². The lowest BCUT2D eigenvalue weighted by Gasteiger charge is -2.31. The number of aryl methyl sites for hydroxylation is 1. The van der Waals surface area contributed by atoms with Gasteiger partial charge in [-0.1, -0.05) is 0 Å². The fraction of sp³-hybridized carbons (Fsp3) is 0.800. The monoisotopic (exact) mass is 245 g/mol. The van der Waals surface area contributed by atoms with E-state index >= 15 is 0 Å². The van der Waals surface area contributed by atoms with E-state index in [0.29, 0.717) is 0 Å². The number of halogens is 1. The van der Waals surface area contributed by atoms with Crippen LogP contribution in [-0.2, 0) is 0 Å². The van der Waals surface area contributed by atoms with Crippen molar-refractivity contribution in [1.29, 1.82) is 0 Å². The highest BCUT2D eigenvalue weighted by molar-refractivity contribution is 7.09. The smallest absolute Gasteiger partial charge is 0.205 e. The number of aromatic nitrogens is 2. The Labute approximate surface area is 99.6 Å². The van der Waals surface area contributed by atoms with E-state index in [1.54, 1.807) is 0 Å². The van der Waals surface area contributed by atoms with Crippen molar-refractivity contribution in [2.75, 3.05) is 23.9 Å². The topological polar surface area (TPSA) is 29.0 Å². The van der Waals surface area contributed by atoms with Gasteiger partial charge in [-0.2, -0.15) is 4.37 Å². The Morgan fingerprint density at radius 1 is 1.60 bits per heavy atom. The Hall–Kier alpha value is -0.350. The van der Waals surface area contributed by atoms with Gasteiger partial charge in [-0.15, -0.1) is 11.6 Å². The highest BCUT2D eigenvalue weighted by Crippen LogP contribution is 2.26. The fourth-order valence-corrected chi connectivity index (χ4v) is 3.06. The zero-order valence-electron chi connectivity index (χ0n) is 8.95. The minimum absolute atomic E-state index is 0.737. The molecule has 1 aromatic rings. The molecule has 0 amide bonds. The summed E-state index contributed by atoms with van der Waals surface area (Å²) in [7, 11) is 0. The third-order valence-corrected chi connectivity index (χ3v) is 3.91. The molecule has 1 saturated heterocycles. The van der Waals surface area contributed by atoms with Crippen LogP contribution in [0.1, 0.15) is 25.1 Å². The molecule has 0 saturated carbocycles. The van der Waals surface area contributed by atoms with Crippen molar-refractivity contribution in [3.63, 3.8) is 0 Å². The van der Waals surface area contributed by atoms with Crippen LogP contribution in [0.15, 0.2) is 0 Å². The Morgan fingerprint density at radius 3 is 3.13 bits per heavy atom. The van der Waals surface area contributed by atoms with Crippen molar-refractivity contribution in [1.82, 2.24) is 9.36 Å². The summed E-state index contributed by atoms with van der Waals surface area (Å²) in [6.07, 6.45) is 3.68. The largest absolute Gasteiger partial charge is 0.347 e. The second-order valence-electron chi connectivity index (χ2n) is 4.06. The van der Waals surface area contributed by atoms with E-state index in [-0.39, 0.29) is 0 Å². The van der Waals surface area contributed by atoms with Crippen molar-refractivity contribution in [3.05, 3.63) is 5.82 Å². The Kier molecular flexibility index (Phi) is 3.81. The van der Waals surface area contributed by atoms with Crippen molar-refractivity contribution in [3.8, 4) is 0 Å². The summed E-state index contributed by atoms with van der Waals surface area (Å²) >= 11 is 7.30. The predicted octanol–water partition coefficient (Wildman–Crippen LogP) is 2.69. The molecule has 1 unspecified atom stereocenters. The lowest BCUT2D eigenvalue weighted by atomic mass is 9.96. The number of nitrogens with zero attached hydrogens (tertiary/aromatic N) is 3. The van der Waals surface area contributed by atoms with Crippen molar-refractivity contribution in [2.24, 2.45) is 5.92 Å². The fourth-order valence-electron chi connectivity index (χ4n) is 2.04. The van der Waals surface area contributed by atoms with Gasteiger partial charge in [0, 0.05) is 30.5 Å². The lowest BCUT2D eigenvalue weighted by molar-refractivity contribution is 0.406. The molecule has 5 heteroatoms. The first-order valence-corrected chi connectivity index (χ1v) is 6.71. The summed E-state index contributed by atoms with van der Waals surface area (Å²) in [4.78, 5) is 6.78. The summed E-state index contributed by atoms with van der Waals surface area (Å²) in [5, 5.41) is 1.08. The predicted molar refractivity (Wildman–Crippen MR) is 64.9 cm³/mol. The summed E-state index contributed by atoms with van der Waals surface area (Å²) in [5.41, 5.74) is 0. The van der Waals surface area contributed by atoms with Crippen LogP contribution in [0.4, 0.5) is 5.13 Å². The molecule has 3 nitrogen and oxygen atoms in total. The highest BCUT2D eigenvalue weighted by atomic mass is 35.5. The third-order valence-electron chi connectivity index (χ3n) is 2.82. The molecule has 1 aromatic heterocycles. The first-order valence-electron chi connectivity index (χ1n) is 5.41. The maximum absolute atomic E-state index is 5.79. The van der Waals surface area contributed by atoms with Crippen LogP contribution in [0, 0.1) is 12.8 Å². The maximum Gasteiger partial charge on any atom is 0.205 e. The number of hydrogen-bond acceptors (Lipinski definition) is 4. The van der Waals surface area contributed by atoms with Gasteiger partial charge in [0.15, 0.2) is 0 Å². The van der Waals surface area contributed by atoms with Gasteiger partial charge in [-0.25, -0.2) is 4.98 Å². The van der Waals surface area contributed by atoms with Gasteiger partial charge in [0.2, 0.25) is 5.13 Å². The van der Waals surface area contributed by atoms with Gasteiger partial charge in [0.05, 0.1) is 0 Å². The van der Waals surface area contributed by atoms with Crippen LogP contribution in [-0.4, -0.2) is 28.3 Å². The minimum atomic E-state index is 0.737. The molecule has 84 valence electrons. The molecule has 0 radical (unpaired) electrons. The van der Waals surface area contributed by atoms with Gasteiger partial charge < -0.3 is 4.90 Å². The molecule has 0 spiro atoms. The van der Waals surface area contributed by atoms with E-state index in [0.717, 1.165) is 42.3 Å². The van der Waals surface area contributed by atoms with Crippen LogP contribution in [0.2, 0.25) is 0 Å². The molecule has 1 aliphatic rings. The molecule has 1 aliphatic heterocycles. The average Bonchev–Trinajstić information content (AvgIpc) is 2.66. The van der Waals surface area contributed by atoms with E-state index in [9.17, 15) is 0 Å². The van der Waals surface area contributed by atoms with Crippen LogP contribution in [0.5, 0.6) is 0 Å². The first kappa shape index (κ1) is 11.1. The van der Waals surface area contributed by atoms with Gasteiger partial charge in [0.25, 0.3) is 0 Å².